The van der Waals surface area contributed by atoms with E-state index in [9.17, 15) is 19.2 Å². The molecule has 0 fully saturated rings. The zero-order valence-corrected chi connectivity index (χ0v) is 48.5. The van der Waals surface area contributed by atoms with Gasteiger partial charge >= 0.3 is 23.9 Å². The molecule has 0 unspecified atom stereocenters. The van der Waals surface area contributed by atoms with Crippen LogP contribution in [0.25, 0.3) is 0 Å². The van der Waals surface area contributed by atoms with Gasteiger partial charge in [-0.15, -0.1) is 46.4 Å². The molecule has 0 amide bonds. The van der Waals surface area contributed by atoms with Gasteiger partial charge in [-0.3, -0.25) is 19.2 Å². The van der Waals surface area contributed by atoms with Gasteiger partial charge in [0, 0.05) is 92.4 Å². The summed E-state index contributed by atoms with van der Waals surface area (Å²) in [7, 11) is 6.27. The van der Waals surface area contributed by atoms with Gasteiger partial charge in [0.15, 0.2) is 0 Å². The first-order valence-corrected chi connectivity index (χ1v) is 28.9. The molecule has 0 aliphatic heterocycles. The van der Waals surface area contributed by atoms with Crippen molar-refractivity contribution in [1.29, 1.82) is 0 Å². The van der Waals surface area contributed by atoms with Crippen LogP contribution in [0, 0.1) is 0 Å². The summed E-state index contributed by atoms with van der Waals surface area (Å²) in [6.45, 7) is 8.53. The van der Waals surface area contributed by atoms with Gasteiger partial charge in [0.1, 0.15) is 69.5 Å². The Morgan fingerprint density at radius 2 is 0.500 bits per heavy atom. The number of hydrogen-bond acceptors (Lipinski definition) is 12. The van der Waals surface area contributed by atoms with Gasteiger partial charge in [-0.1, -0.05) is 105 Å². The lowest BCUT2D eigenvalue weighted by atomic mass is 9.76. The standard InChI is InChI=1S/C60H76Cl4O12/c1-9-13-17-21-37-41-25-46(54(29-49(41)69-5)74-58(66)34-62)39(23-19-15-11-3)43-27-48(56(31-51(43)71-7)76-60(68)36-64)40(24-20-16-12-4)44-28-47(55(32-52(44)72-8)75-59(67)35-63)38(22-18-14-10-2)42-26-45(37)53(30-50(42)70-6)73-57(65)33-61/h25-32,37-40H,9-24,33-36H2,1-8H3/t37-,38-,39-,40-/m1/s1. The van der Waals surface area contributed by atoms with Crippen molar-refractivity contribution in [2.45, 2.75) is 154 Å². The number of unbranched alkanes of at least 4 members (excludes halogenated alkanes) is 8. The first kappa shape index (κ1) is 62.0. The van der Waals surface area contributed by atoms with Crippen LogP contribution in [0.4, 0.5) is 0 Å². The number of esters is 4. The highest BCUT2D eigenvalue weighted by Gasteiger charge is 2.36. The molecule has 0 aromatic heterocycles. The van der Waals surface area contributed by atoms with Crippen molar-refractivity contribution in [3.63, 3.8) is 0 Å². The Balaban J connectivity index is 2.19. The molecule has 0 radical (unpaired) electrons. The van der Waals surface area contributed by atoms with Crippen LogP contribution in [0.5, 0.6) is 46.0 Å². The summed E-state index contributed by atoms with van der Waals surface area (Å²) in [5, 5.41) is 0. The summed E-state index contributed by atoms with van der Waals surface area (Å²) < 4.78 is 50.0. The highest BCUT2D eigenvalue weighted by atomic mass is 35.5. The first-order chi connectivity index (χ1) is 36.8. The topological polar surface area (TPSA) is 142 Å². The van der Waals surface area contributed by atoms with E-state index in [2.05, 4.69) is 27.7 Å². The molecule has 5 rings (SSSR count). The zero-order chi connectivity index (χ0) is 55.3. The minimum atomic E-state index is -0.661. The molecular formula is C60H76Cl4O12. The fraction of sp³-hybridized carbons (Fsp3) is 0.533. The van der Waals surface area contributed by atoms with Crippen molar-refractivity contribution in [3.8, 4) is 46.0 Å². The summed E-state index contributed by atoms with van der Waals surface area (Å²) in [6, 6.07) is 15.1. The summed E-state index contributed by atoms with van der Waals surface area (Å²) >= 11 is 24.8. The van der Waals surface area contributed by atoms with Crippen LogP contribution in [0.2, 0.25) is 0 Å². The zero-order valence-electron chi connectivity index (χ0n) is 45.5. The molecule has 0 saturated heterocycles. The highest BCUT2D eigenvalue weighted by molar-refractivity contribution is 6.27. The molecule has 4 aromatic rings. The Hall–Kier alpha value is -4.88. The van der Waals surface area contributed by atoms with E-state index in [1.807, 2.05) is 24.3 Å². The van der Waals surface area contributed by atoms with Gasteiger partial charge in [-0.25, -0.2) is 0 Å². The Morgan fingerprint density at radius 1 is 0.316 bits per heavy atom. The second-order valence-electron chi connectivity index (χ2n) is 19.2. The van der Waals surface area contributed by atoms with Crippen molar-refractivity contribution in [3.05, 3.63) is 93.0 Å². The fourth-order valence-electron chi connectivity index (χ4n) is 10.5. The molecule has 416 valence electrons. The van der Waals surface area contributed by atoms with E-state index in [0.29, 0.717) is 70.9 Å². The molecule has 8 bridgehead atoms. The van der Waals surface area contributed by atoms with Crippen LogP contribution >= 0.6 is 46.4 Å². The second kappa shape index (κ2) is 31.5. The van der Waals surface area contributed by atoms with Crippen molar-refractivity contribution in [1.82, 2.24) is 0 Å². The molecule has 1 aliphatic carbocycles. The highest BCUT2D eigenvalue weighted by Crippen LogP contribution is 2.54. The molecule has 0 saturated carbocycles. The maximum Gasteiger partial charge on any atom is 0.326 e. The number of carbonyl (C=O) groups is 4. The molecule has 4 aromatic carbocycles. The van der Waals surface area contributed by atoms with Crippen molar-refractivity contribution < 1.29 is 57.1 Å². The number of rotatable bonds is 28. The Labute approximate surface area is 470 Å². The minimum absolute atomic E-state index is 0.246. The van der Waals surface area contributed by atoms with E-state index < -0.39 is 71.1 Å². The quantitative estimate of drug-likeness (QED) is 0.0231. The van der Waals surface area contributed by atoms with Crippen molar-refractivity contribution >= 4 is 70.3 Å². The lowest BCUT2D eigenvalue weighted by Gasteiger charge is -2.31. The molecule has 0 spiro atoms. The Morgan fingerprint density at radius 3 is 0.658 bits per heavy atom. The third kappa shape index (κ3) is 15.7. The number of fused-ring (bicyclic) bond motifs is 8. The molecule has 76 heavy (non-hydrogen) atoms. The van der Waals surface area contributed by atoms with Gasteiger partial charge in [0.05, 0.1) is 28.4 Å². The van der Waals surface area contributed by atoms with Gasteiger partial charge in [-0.05, 0) is 49.9 Å². The van der Waals surface area contributed by atoms with E-state index in [0.717, 1.165) is 99.3 Å². The Kier molecular flexibility index (Phi) is 25.7. The van der Waals surface area contributed by atoms with Crippen LogP contribution < -0.4 is 37.9 Å². The SMILES string of the molecule is CCCCC[C@@H]1c2cc(c(OC(=O)CCl)cc2OC)[C@H](CCCCC)c2cc(c(OC(=O)CCl)cc2OC)[C@H](CCCCC)c2cc(c(OC(=O)CCl)cc2OC)[C@H](CCCCC)c2cc1c(OC(=O)CCl)cc2OC. The van der Waals surface area contributed by atoms with Gasteiger partial charge < -0.3 is 37.9 Å². The van der Waals surface area contributed by atoms with Gasteiger partial charge in [0.2, 0.25) is 0 Å². The first-order valence-electron chi connectivity index (χ1n) is 26.8. The maximum atomic E-state index is 13.5. The smallest absolute Gasteiger partial charge is 0.326 e. The predicted molar refractivity (Wildman–Crippen MR) is 301 cm³/mol. The average Bonchev–Trinajstić information content (AvgIpc) is 3.43. The molecule has 4 atom stereocenters. The molecule has 0 N–H and O–H groups in total. The van der Waals surface area contributed by atoms with Crippen LogP contribution in [0.1, 0.15) is 199 Å². The predicted octanol–water partition coefficient (Wildman–Crippen LogP) is 15.5. The van der Waals surface area contributed by atoms with Crippen LogP contribution in [-0.4, -0.2) is 75.8 Å². The van der Waals surface area contributed by atoms with E-state index in [1.165, 1.54) is 0 Å². The Bertz CT molecular complexity index is 2230. The van der Waals surface area contributed by atoms with Gasteiger partial charge in [-0.2, -0.15) is 0 Å². The maximum absolute atomic E-state index is 13.5. The lowest BCUT2D eigenvalue weighted by Crippen LogP contribution is -2.18. The third-order valence-electron chi connectivity index (χ3n) is 14.2. The third-order valence-corrected chi connectivity index (χ3v) is 15.0. The number of hydrogen-bond donors (Lipinski definition) is 0. The molecule has 0 heterocycles. The number of ether oxygens (including phenoxy) is 8. The summed E-state index contributed by atoms with van der Waals surface area (Å²) in [6.07, 6.45) is 12.6. The number of carbonyl (C=O) groups excluding carboxylic acids is 4. The average molecular weight is 1130 g/mol. The van der Waals surface area contributed by atoms with E-state index >= 15 is 0 Å². The van der Waals surface area contributed by atoms with E-state index in [-0.39, 0.29) is 23.0 Å². The van der Waals surface area contributed by atoms with Crippen molar-refractivity contribution in [2.75, 3.05) is 52.0 Å². The van der Waals surface area contributed by atoms with Gasteiger partial charge in [0.25, 0.3) is 0 Å². The normalized spacial score (nSPS) is 15.8. The fourth-order valence-corrected chi connectivity index (χ4v) is 10.7. The van der Waals surface area contributed by atoms with Crippen LogP contribution in [0.3, 0.4) is 0 Å². The minimum Gasteiger partial charge on any atom is -0.496 e. The monoisotopic (exact) mass is 1130 g/mol. The second-order valence-corrected chi connectivity index (χ2v) is 20.2. The number of methoxy groups -OCH3 is 4. The molecular weight excluding hydrogens is 1050 g/mol. The number of halogens is 4. The van der Waals surface area contributed by atoms with E-state index in [1.54, 1.807) is 52.7 Å². The van der Waals surface area contributed by atoms with Crippen LogP contribution in [-0.2, 0) is 19.2 Å². The van der Waals surface area contributed by atoms with Crippen molar-refractivity contribution in [2.24, 2.45) is 0 Å². The number of alkyl halides is 4. The van der Waals surface area contributed by atoms with E-state index in [4.69, 9.17) is 84.3 Å². The molecule has 1 aliphatic rings. The summed E-state index contributed by atoms with van der Waals surface area (Å²) in [5.74, 6) is -3.67. The number of benzene rings is 4. The van der Waals surface area contributed by atoms with Crippen LogP contribution in [0.15, 0.2) is 48.5 Å². The summed E-state index contributed by atoms with van der Waals surface area (Å²) in [4.78, 5) is 53.8. The molecule has 16 heteroatoms. The lowest BCUT2D eigenvalue weighted by molar-refractivity contribution is -0.132. The molecule has 12 nitrogen and oxygen atoms in total. The summed E-state index contributed by atoms with van der Waals surface area (Å²) in [5.41, 5.74) is 5.58. The largest absolute Gasteiger partial charge is 0.496 e.